The Morgan fingerprint density at radius 3 is 2.23 bits per heavy atom. The SMILES string of the molecule is CCCN(CCC)CCCCCc1cccc2ccccc12. The molecule has 0 bridgehead atoms. The molecule has 0 amide bonds. The molecule has 0 aliphatic heterocycles. The first-order valence-corrected chi connectivity index (χ1v) is 9.04. The molecule has 0 aliphatic rings. The molecular weight excluding hydrogens is 266 g/mol. The zero-order valence-electron chi connectivity index (χ0n) is 14.4. The maximum atomic E-state index is 2.62. The molecule has 2 rings (SSSR count). The largest absolute Gasteiger partial charge is 0.303 e. The maximum absolute atomic E-state index is 2.62. The van der Waals surface area contributed by atoms with Crippen molar-refractivity contribution in [3.63, 3.8) is 0 Å². The highest BCUT2D eigenvalue weighted by Crippen LogP contribution is 2.20. The fraction of sp³-hybridized carbons (Fsp3) is 0.524. The van der Waals surface area contributed by atoms with Gasteiger partial charge in [0.15, 0.2) is 0 Å². The molecule has 0 fully saturated rings. The lowest BCUT2D eigenvalue weighted by atomic mass is 10.00. The fourth-order valence-corrected chi connectivity index (χ4v) is 3.31. The van der Waals surface area contributed by atoms with Crippen molar-refractivity contribution < 1.29 is 0 Å². The van der Waals surface area contributed by atoms with Crippen molar-refractivity contribution in [3.8, 4) is 0 Å². The lowest BCUT2D eigenvalue weighted by molar-refractivity contribution is 0.268. The molecule has 0 saturated heterocycles. The highest BCUT2D eigenvalue weighted by atomic mass is 15.1. The van der Waals surface area contributed by atoms with Crippen LogP contribution in [0.15, 0.2) is 42.5 Å². The van der Waals surface area contributed by atoms with Gasteiger partial charge in [-0.3, -0.25) is 0 Å². The predicted octanol–water partition coefficient (Wildman–Crippen LogP) is 5.67. The molecule has 0 heterocycles. The molecule has 1 heteroatoms. The quantitative estimate of drug-likeness (QED) is 0.510. The summed E-state index contributed by atoms with van der Waals surface area (Å²) < 4.78 is 0. The van der Waals surface area contributed by atoms with Gasteiger partial charge in [0.2, 0.25) is 0 Å². The van der Waals surface area contributed by atoms with Gasteiger partial charge in [0, 0.05) is 0 Å². The number of rotatable bonds is 10. The summed E-state index contributed by atoms with van der Waals surface area (Å²) in [6, 6.07) is 15.5. The minimum Gasteiger partial charge on any atom is -0.303 e. The summed E-state index contributed by atoms with van der Waals surface area (Å²) in [5, 5.41) is 2.81. The molecular formula is C21H31N. The Balaban J connectivity index is 1.76. The van der Waals surface area contributed by atoms with E-state index in [0.717, 1.165) is 0 Å². The van der Waals surface area contributed by atoms with E-state index >= 15 is 0 Å². The molecule has 0 saturated carbocycles. The van der Waals surface area contributed by atoms with E-state index in [-0.39, 0.29) is 0 Å². The number of nitrogens with zero attached hydrogens (tertiary/aromatic N) is 1. The standard InChI is InChI=1S/C21H31N/c1-3-16-22(17-4-2)18-9-5-6-11-19-13-10-14-20-12-7-8-15-21(19)20/h7-8,10,12-15H,3-6,9,11,16-18H2,1-2H3. The average Bonchev–Trinajstić information content (AvgIpc) is 2.55. The second kappa shape index (κ2) is 9.63. The number of fused-ring (bicyclic) bond motifs is 1. The summed E-state index contributed by atoms with van der Waals surface area (Å²) in [6.45, 7) is 8.36. The van der Waals surface area contributed by atoms with E-state index in [2.05, 4.69) is 61.2 Å². The van der Waals surface area contributed by atoms with Crippen molar-refractivity contribution in [2.24, 2.45) is 0 Å². The second-order valence-corrected chi connectivity index (χ2v) is 6.29. The Kier molecular flexibility index (Phi) is 7.45. The Labute approximate surface area is 136 Å². The monoisotopic (exact) mass is 297 g/mol. The number of unbranched alkanes of at least 4 members (excludes halogenated alkanes) is 2. The predicted molar refractivity (Wildman–Crippen MR) is 98.5 cm³/mol. The van der Waals surface area contributed by atoms with Crippen LogP contribution in [0.2, 0.25) is 0 Å². The molecule has 0 radical (unpaired) electrons. The van der Waals surface area contributed by atoms with E-state index < -0.39 is 0 Å². The van der Waals surface area contributed by atoms with Gasteiger partial charge in [-0.15, -0.1) is 0 Å². The van der Waals surface area contributed by atoms with Crippen LogP contribution in [0.4, 0.5) is 0 Å². The normalized spacial score (nSPS) is 11.4. The zero-order chi connectivity index (χ0) is 15.6. The number of aryl methyl sites for hydroxylation is 1. The first-order chi connectivity index (χ1) is 10.8. The second-order valence-electron chi connectivity index (χ2n) is 6.29. The van der Waals surface area contributed by atoms with Gasteiger partial charge in [-0.25, -0.2) is 0 Å². The molecule has 0 unspecified atom stereocenters. The van der Waals surface area contributed by atoms with Crippen LogP contribution in [0.5, 0.6) is 0 Å². The minimum atomic E-state index is 1.21. The zero-order valence-corrected chi connectivity index (χ0v) is 14.4. The molecule has 0 N–H and O–H groups in total. The summed E-state index contributed by atoms with van der Waals surface area (Å²) in [7, 11) is 0. The van der Waals surface area contributed by atoms with Gasteiger partial charge in [-0.05, 0) is 68.1 Å². The lowest BCUT2D eigenvalue weighted by Gasteiger charge is -2.20. The molecule has 0 aromatic heterocycles. The first-order valence-electron chi connectivity index (χ1n) is 9.04. The van der Waals surface area contributed by atoms with Crippen molar-refractivity contribution in [1.82, 2.24) is 4.90 Å². The van der Waals surface area contributed by atoms with E-state index in [4.69, 9.17) is 0 Å². The van der Waals surface area contributed by atoms with Crippen molar-refractivity contribution in [2.75, 3.05) is 19.6 Å². The average molecular weight is 297 g/mol. The highest BCUT2D eigenvalue weighted by Gasteiger charge is 2.03. The van der Waals surface area contributed by atoms with Crippen molar-refractivity contribution in [2.45, 2.75) is 52.4 Å². The van der Waals surface area contributed by atoms with E-state index in [0.29, 0.717) is 0 Å². The molecule has 2 aromatic carbocycles. The summed E-state index contributed by atoms with van der Waals surface area (Å²) in [5.74, 6) is 0. The van der Waals surface area contributed by atoms with Gasteiger partial charge in [0.05, 0.1) is 0 Å². The molecule has 0 spiro atoms. The Morgan fingerprint density at radius 2 is 1.45 bits per heavy atom. The molecule has 0 atom stereocenters. The first kappa shape index (κ1) is 17.0. The summed E-state index contributed by atoms with van der Waals surface area (Å²) in [5.41, 5.74) is 1.51. The third-order valence-corrected chi connectivity index (χ3v) is 4.38. The summed E-state index contributed by atoms with van der Waals surface area (Å²) >= 11 is 0. The van der Waals surface area contributed by atoms with E-state index in [9.17, 15) is 0 Å². The lowest BCUT2D eigenvalue weighted by Crippen LogP contribution is -2.26. The Bertz CT molecular complexity index is 535. The van der Waals surface area contributed by atoms with E-state index in [1.807, 2.05) is 0 Å². The number of hydrogen-bond acceptors (Lipinski definition) is 1. The molecule has 0 aliphatic carbocycles. The molecule has 1 nitrogen and oxygen atoms in total. The summed E-state index contributed by atoms with van der Waals surface area (Å²) in [6.07, 6.45) is 7.74. The molecule has 2 aromatic rings. The van der Waals surface area contributed by atoms with Crippen LogP contribution in [0, 0.1) is 0 Å². The number of hydrogen-bond donors (Lipinski definition) is 0. The van der Waals surface area contributed by atoms with Crippen LogP contribution in [0.25, 0.3) is 10.8 Å². The summed E-state index contributed by atoms with van der Waals surface area (Å²) in [4.78, 5) is 2.62. The number of benzene rings is 2. The van der Waals surface area contributed by atoms with Gasteiger partial charge in [-0.2, -0.15) is 0 Å². The van der Waals surface area contributed by atoms with Crippen LogP contribution >= 0.6 is 0 Å². The Hall–Kier alpha value is -1.34. The van der Waals surface area contributed by atoms with Crippen LogP contribution in [-0.2, 0) is 6.42 Å². The van der Waals surface area contributed by atoms with Gasteiger partial charge in [0.25, 0.3) is 0 Å². The van der Waals surface area contributed by atoms with E-state index in [1.165, 1.54) is 74.5 Å². The van der Waals surface area contributed by atoms with Crippen LogP contribution in [-0.4, -0.2) is 24.5 Å². The van der Waals surface area contributed by atoms with Crippen LogP contribution in [0.3, 0.4) is 0 Å². The smallest absolute Gasteiger partial charge is 0.00187 e. The van der Waals surface area contributed by atoms with Crippen molar-refractivity contribution in [1.29, 1.82) is 0 Å². The minimum absolute atomic E-state index is 1.21. The molecule has 120 valence electrons. The van der Waals surface area contributed by atoms with Crippen molar-refractivity contribution >= 4 is 10.8 Å². The van der Waals surface area contributed by atoms with Gasteiger partial charge >= 0.3 is 0 Å². The van der Waals surface area contributed by atoms with Crippen LogP contribution < -0.4 is 0 Å². The van der Waals surface area contributed by atoms with Gasteiger partial charge < -0.3 is 4.90 Å². The van der Waals surface area contributed by atoms with Gasteiger partial charge in [0.1, 0.15) is 0 Å². The Morgan fingerprint density at radius 1 is 0.727 bits per heavy atom. The fourth-order valence-electron chi connectivity index (χ4n) is 3.31. The third kappa shape index (κ3) is 5.14. The topological polar surface area (TPSA) is 3.24 Å². The molecule has 22 heavy (non-hydrogen) atoms. The maximum Gasteiger partial charge on any atom is -0.00187 e. The van der Waals surface area contributed by atoms with E-state index in [1.54, 1.807) is 0 Å². The van der Waals surface area contributed by atoms with Gasteiger partial charge in [-0.1, -0.05) is 62.7 Å². The van der Waals surface area contributed by atoms with Crippen molar-refractivity contribution in [3.05, 3.63) is 48.0 Å². The van der Waals surface area contributed by atoms with Crippen LogP contribution in [0.1, 0.15) is 51.5 Å². The highest BCUT2D eigenvalue weighted by molar-refractivity contribution is 5.85. The third-order valence-electron chi connectivity index (χ3n) is 4.38.